The molecule has 0 aliphatic heterocycles. The lowest BCUT2D eigenvalue weighted by Gasteiger charge is -2.25. The highest BCUT2D eigenvalue weighted by molar-refractivity contribution is 5.19. The molecule has 86 valence electrons. The normalized spacial score (nSPS) is 23.9. The molecular formula is C11H15F3O. The van der Waals surface area contributed by atoms with Gasteiger partial charge in [0.15, 0.2) is 0 Å². The van der Waals surface area contributed by atoms with Gasteiger partial charge in [-0.15, -0.1) is 0 Å². The maximum Gasteiger partial charge on any atom is 0.381 e. The number of alkyl halides is 2. The molecule has 0 aromatic rings. The van der Waals surface area contributed by atoms with Crippen molar-refractivity contribution < 1.29 is 17.9 Å². The van der Waals surface area contributed by atoms with Gasteiger partial charge in [0, 0.05) is 13.5 Å². The third-order valence-corrected chi connectivity index (χ3v) is 2.61. The highest BCUT2D eigenvalue weighted by Crippen LogP contribution is 2.39. The van der Waals surface area contributed by atoms with Crippen LogP contribution in [-0.4, -0.2) is 13.2 Å². The summed E-state index contributed by atoms with van der Waals surface area (Å²) in [5.41, 5.74) is -0.495. The van der Waals surface area contributed by atoms with Gasteiger partial charge in [0.1, 0.15) is 5.83 Å². The van der Waals surface area contributed by atoms with Gasteiger partial charge in [0.2, 0.25) is 0 Å². The predicted molar refractivity (Wildman–Crippen MR) is 52.2 cm³/mol. The number of rotatable bonds is 3. The predicted octanol–water partition coefficient (Wildman–Crippen LogP) is 3.83. The SMILES string of the molecule is CC=CC1CCC(C(F)(F)OC)=C(F)C1. The van der Waals surface area contributed by atoms with Gasteiger partial charge in [-0.05, 0) is 25.7 Å². The van der Waals surface area contributed by atoms with Crippen LogP contribution in [0.25, 0.3) is 0 Å². The van der Waals surface area contributed by atoms with Crippen LogP contribution in [0.15, 0.2) is 23.6 Å². The molecule has 1 aliphatic rings. The quantitative estimate of drug-likeness (QED) is 0.657. The number of allylic oxidation sites excluding steroid dienone is 3. The van der Waals surface area contributed by atoms with E-state index in [-0.39, 0.29) is 18.8 Å². The van der Waals surface area contributed by atoms with E-state index < -0.39 is 17.5 Å². The fourth-order valence-corrected chi connectivity index (χ4v) is 1.78. The summed E-state index contributed by atoms with van der Waals surface area (Å²) < 4.78 is 43.5. The molecule has 0 amide bonds. The summed E-state index contributed by atoms with van der Waals surface area (Å²) >= 11 is 0. The molecular weight excluding hydrogens is 205 g/mol. The Morgan fingerprint density at radius 3 is 2.60 bits per heavy atom. The Bertz CT molecular complexity index is 282. The molecule has 0 bridgehead atoms. The molecule has 0 radical (unpaired) electrons. The smallest absolute Gasteiger partial charge is 0.320 e. The first-order valence-corrected chi connectivity index (χ1v) is 4.95. The van der Waals surface area contributed by atoms with Crippen LogP contribution < -0.4 is 0 Å². The average Bonchev–Trinajstić information content (AvgIpc) is 2.18. The average molecular weight is 220 g/mol. The molecule has 15 heavy (non-hydrogen) atoms. The fraction of sp³-hybridized carbons (Fsp3) is 0.636. The molecule has 0 spiro atoms. The number of hydrogen-bond acceptors (Lipinski definition) is 1. The van der Waals surface area contributed by atoms with Crippen molar-refractivity contribution in [1.29, 1.82) is 0 Å². The summed E-state index contributed by atoms with van der Waals surface area (Å²) in [6.45, 7) is 1.83. The standard InChI is InChI=1S/C11H15F3O/c1-3-4-8-5-6-9(10(12)7-8)11(13,14)15-2/h3-4,8H,5-7H2,1-2H3. The van der Waals surface area contributed by atoms with Crippen molar-refractivity contribution in [2.45, 2.75) is 32.3 Å². The topological polar surface area (TPSA) is 9.23 Å². The Kier molecular flexibility index (Phi) is 3.97. The van der Waals surface area contributed by atoms with Crippen LogP contribution in [0.4, 0.5) is 13.2 Å². The van der Waals surface area contributed by atoms with E-state index >= 15 is 0 Å². The first-order valence-electron chi connectivity index (χ1n) is 4.95. The first kappa shape index (κ1) is 12.3. The van der Waals surface area contributed by atoms with Crippen molar-refractivity contribution in [2.75, 3.05) is 7.11 Å². The van der Waals surface area contributed by atoms with Crippen molar-refractivity contribution in [2.24, 2.45) is 5.92 Å². The summed E-state index contributed by atoms with van der Waals surface area (Å²) in [5, 5.41) is 0. The molecule has 1 nitrogen and oxygen atoms in total. The van der Waals surface area contributed by atoms with Crippen LogP contribution in [0, 0.1) is 5.92 Å². The number of hydrogen-bond donors (Lipinski definition) is 0. The van der Waals surface area contributed by atoms with Gasteiger partial charge in [0.05, 0.1) is 5.57 Å². The maximum atomic E-state index is 13.4. The zero-order valence-electron chi connectivity index (χ0n) is 8.90. The lowest BCUT2D eigenvalue weighted by atomic mass is 9.88. The molecule has 0 heterocycles. The second-order valence-corrected chi connectivity index (χ2v) is 3.63. The Morgan fingerprint density at radius 1 is 1.47 bits per heavy atom. The van der Waals surface area contributed by atoms with Crippen LogP contribution in [0.5, 0.6) is 0 Å². The summed E-state index contributed by atoms with van der Waals surface area (Å²) in [6.07, 6.45) is 0.871. The van der Waals surface area contributed by atoms with E-state index in [2.05, 4.69) is 4.74 Å². The Hall–Kier alpha value is -0.770. The molecule has 1 aliphatic carbocycles. The van der Waals surface area contributed by atoms with Crippen LogP contribution >= 0.6 is 0 Å². The molecule has 1 rings (SSSR count). The molecule has 0 aromatic heterocycles. The Balaban J connectivity index is 2.81. The number of ether oxygens (including phenoxy) is 1. The third kappa shape index (κ3) is 2.84. The Labute approximate surface area is 87.6 Å². The van der Waals surface area contributed by atoms with Crippen molar-refractivity contribution >= 4 is 0 Å². The van der Waals surface area contributed by atoms with E-state index in [0.717, 1.165) is 7.11 Å². The summed E-state index contributed by atoms with van der Waals surface area (Å²) in [4.78, 5) is 0. The van der Waals surface area contributed by atoms with E-state index in [9.17, 15) is 13.2 Å². The van der Waals surface area contributed by atoms with Crippen molar-refractivity contribution in [3.05, 3.63) is 23.6 Å². The lowest BCUT2D eigenvalue weighted by molar-refractivity contribution is -0.194. The number of methoxy groups -OCH3 is 1. The van der Waals surface area contributed by atoms with Crippen molar-refractivity contribution in [3.63, 3.8) is 0 Å². The minimum atomic E-state index is -3.45. The molecule has 0 fully saturated rings. The molecule has 0 aromatic carbocycles. The summed E-state index contributed by atoms with van der Waals surface area (Å²) in [7, 11) is 0.887. The van der Waals surface area contributed by atoms with E-state index in [4.69, 9.17) is 0 Å². The number of halogens is 3. The highest BCUT2D eigenvalue weighted by Gasteiger charge is 2.39. The van der Waals surface area contributed by atoms with Crippen molar-refractivity contribution in [3.8, 4) is 0 Å². The summed E-state index contributed by atoms with van der Waals surface area (Å²) in [5.74, 6) is -0.692. The summed E-state index contributed by atoms with van der Waals surface area (Å²) in [6, 6.07) is 0. The monoisotopic (exact) mass is 220 g/mol. The molecule has 0 saturated carbocycles. The molecule has 4 heteroatoms. The molecule has 0 N–H and O–H groups in total. The minimum Gasteiger partial charge on any atom is -0.320 e. The largest absolute Gasteiger partial charge is 0.381 e. The van der Waals surface area contributed by atoms with E-state index in [1.54, 1.807) is 0 Å². The minimum absolute atomic E-state index is 0.0337. The van der Waals surface area contributed by atoms with Gasteiger partial charge < -0.3 is 4.74 Å². The van der Waals surface area contributed by atoms with Gasteiger partial charge in [0.25, 0.3) is 0 Å². The van der Waals surface area contributed by atoms with Crippen LogP contribution in [-0.2, 0) is 4.74 Å². The van der Waals surface area contributed by atoms with Crippen LogP contribution in [0.1, 0.15) is 26.2 Å². The second-order valence-electron chi connectivity index (χ2n) is 3.63. The van der Waals surface area contributed by atoms with E-state index in [1.807, 2.05) is 19.1 Å². The van der Waals surface area contributed by atoms with Gasteiger partial charge in [-0.25, -0.2) is 4.39 Å². The first-order chi connectivity index (χ1) is 7.01. The highest BCUT2D eigenvalue weighted by atomic mass is 19.3. The van der Waals surface area contributed by atoms with Gasteiger partial charge in [-0.2, -0.15) is 8.78 Å². The van der Waals surface area contributed by atoms with Crippen LogP contribution in [0.2, 0.25) is 0 Å². The van der Waals surface area contributed by atoms with Gasteiger partial charge >= 0.3 is 6.11 Å². The fourth-order valence-electron chi connectivity index (χ4n) is 1.78. The Morgan fingerprint density at radius 2 is 2.13 bits per heavy atom. The van der Waals surface area contributed by atoms with Crippen molar-refractivity contribution in [1.82, 2.24) is 0 Å². The molecule has 1 unspecified atom stereocenters. The lowest BCUT2D eigenvalue weighted by Crippen LogP contribution is -2.25. The van der Waals surface area contributed by atoms with Gasteiger partial charge in [-0.1, -0.05) is 12.2 Å². The van der Waals surface area contributed by atoms with E-state index in [0.29, 0.717) is 6.42 Å². The van der Waals surface area contributed by atoms with E-state index in [1.165, 1.54) is 0 Å². The molecule has 1 atom stereocenters. The third-order valence-electron chi connectivity index (χ3n) is 2.61. The maximum absolute atomic E-state index is 13.4. The zero-order chi connectivity index (χ0) is 11.5. The van der Waals surface area contributed by atoms with Crippen LogP contribution in [0.3, 0.4) is 0 Å². The second kappa shape index (κ2) is 4.84. The molecule has 0 saturated heterocycles. The zero-order valence-corrected chi connectivity index (χ0v) is 8.90. The van der Waals surface area contributed by atoms with Gasteiger partial charge in [-0.3, -0.25) is 0 Å².